The van der Waals surface area contributed by atoms with Crippen LogP contribution in [-0.4, -0.2) is 56.0 Å². The molecule has 2 heterocycles. The quantitative estimate of drug-likeness (QED) is 0.851. The number of nitrogens with zero attached hydrogens (tertiary/aromatic N) is 2. The van der Waals surface area contributed by atoms with E-state index in [-0.39, 0.29) is 17.5 Å². The van der Waals surface area contributed by atoms with Crippen molar-refractivity contribution >= 4 is 9.84 Å². The maximum absolute atomic E-state index is 11.6. The van der Waals surface area contributed by atoms with Gasteiger partial charge in [0.1, 0.15) is 0 Å². The third kappa shape index (κ3) is 3.99. The Kier molecular flexibility index (Phi) is 4.90. The molecule has 1 saturated heterocycles. The van der Waals surface area contributed by atoms with Gasteiger partial charge in [0.25, 0.3) is 0 Å². The van der Waals surface area contributed by atoms with Crippen molar-refractivity contribution in [2.45, 2.75) is 13.0 Å². The second-order valence-corrected chi connectivity index (χ2v) is 7.25. The molecule has 19 heavy (non-hydrogen) atoms. The van der Waals surface area contributed by atoms with Crippen molar-refractivity contribution in [1.82, 2.24) is 15.2 Å². The van der Waals surface area contributed by atoms with E-state index in [0.29, 0.717) is 6.54 Å². The summed E-state index contributed by atoms with van der Waals surface area (Å²) >= 11 is 0. The van der Waals surface area contributed by atoms with Gasteiger partial charge in [0.05, 0.1) is 5.75 Å². The van der Waals surface area contributed by atoms with Gasteiger partial charge in [-0.2, -0.15) is 0 Å². The third-order valence-electron chi connectivity index (χ3n) is 3.55. The van der Waals surface area contributed by atoms with Gasteiger partial charge in [0, 0.05) is 50.4 Å². The van der Waals surface area contributed by atoms with Crippen LogP contribution in [0.2, 0.25) is 0 Å². The first-order valence-electron chi connectivity index (χ1n) is 6.67. The van der Waals surface area contributed by atoms with Crippen molar-refractivity contribution in [2.75, 3.05) is 37.7 Å². The SMILES string of the molecule is CCS(=O)(=O)CCN1CCNCC1c1cccnc1. The molecule has 1 N–H and O–H groups in total. The highest BCUT2D eigenvalue weighted by atomic mass is 32.2. The van der Waals surface area contributed by atoms with Crippen LogP contribution >= 0.6 is 0 Å². The molecule has 0 aromatic carbocycles. The van der Waals surface area contributed by atoms with Crippen LogP contribution < -0.4 is 5.32 Å². The average Bonchev–Trinajstić information content (AvgIpc) is 2.46. The largest absolute Gasteiger partial charge is 0.314 e. The molecule has 0 saturated carbocycles. The molecular formula is C13H21N3O2S. The molecule has 1 aliphatic rings. The van der Waals surface area contributed by atoms with E-state index >= 15 is 0 Å². The number of hydrogen-bond donors (Lipinski definition) is 1. The minimum atomic E-state index is -2.90. The molecule has 6 heteroatoms. The Hall–Kier alpha value is -0.980. The first-order valence-corrected chi connectivity index (χ1v) is 8.49. The summed E-state index contributed by atoms with van der Waals surface area (Å²) in [6, 6.07) is 4.19. The van der Waals surface area contributed by atoms with Crippen LogP contribution in [0.5, 0.6) is 0 Å². The van der Waals surface area contributed by atoms with Crippen molar-refractivity contribution in [1.29, 1.82) is 0 Å². The van der Waals surface area contributed by atoms with Crippen molar-refractivity contribution in [3.05, 3.63) is 30.1 Å². The summed E-state index contributed by atoms with van der Waals surface area (Å²) in [5.41, 5.74) is 1.14. The van der Waals surface area contributed by atoms with Crippen LogP contribution in [0.25, 0.3) is 0 Å². The van der Waals surface area contributed by atoms with Gasteiger partial charge in [-0.05, 0) is 11.6 Å². The number of aromatic nitrogens is 1. The Bertz CT molecular complexity index is 490. The lowest BCUT2D eigenvalue weighted by atomic mass is 10.1. The first kappa shape index (κ1) is 14.4. The molecule has 1 unspecified atom stereocenters. The molecule has 1 aromatic rings. The first-order chi connectivity index (χ1) is 9.12. The second-order valence-electron chi connectivity index (χ2n) is 4.78. The molecule has 1 aromatic heterocycles. The molecule has 1 aliphatic heterocycles. The predicted molar refractivity (Wildman–Crippen MR) is 75.7 cm³/mol. The van der Waals surface area contributed by atoms with Crippen LogP contribution in [-0.2, 0) is 9.84 Å². The number of nitrogens with one attached hydrogen (secondary N) is 1. The molecule has 1 fully saturated rings. The van der Waals surface area contributed by atoms with Gasteiger partial charge in [-0.25, -0.2) is 8.42 Å². The molecule has 1 atom stereocenters. The Morgan fingerprint density at radius 3 is 3.05 bits per heavy atom. The van der Waals surface area contributed by atoms with Crippen molar-refractivity contribution in [3.63, 3.8) is 0 Å². The van der Waals surface area contributed by atoms with Crippen molar-refractivity contribution in [3.8, 4) is 0 Å². The molecule has 0 aliphatic carbocycles. The maximum atomic E-state index is 11.6. The molecule has 0 radical (unpaired) electrons. The van der Waals surface area contributed by atoms with E-state index in [9.17, 15) is 8.42 Å². The van der Waals surface area contributed by atoms with E-state index in [1.807, 2.05) is 18.3 Å². The monoisotopic (exact) mass is 283 g/mol. The van der Waals surface area contributed by atoms with Gasteiger partial charge >= 0.3 is 0 Å². The van der Waals surface area contributed by atoms with Crippen molar-refractivity contribution in [2.24, 2.45) is 0 Å². The van der Waals surface area contributed by atoms with E-state index in [1.165, 1.54) is 0 Å². The highest BCUT2D eigenvalue weighted by Crippen LogP contribution is 2.21. The molecule has 5 nitrogen and oxygen atoms in total. The molecular weight excluding hydrogens is 262 g/mol. The average molecular weight is 283 g/mol. The van der Waals surface area contributed by atoms with E-state index < -0.39 is 9.84 Å². The molecule has 0 spiro atoms. The third-order valence-corrected chi connectivity index (χ3v) is 5.24. The fourth-order valence-electron chi connectivity index (χ4n) is 2.32. The Balaban J connectivity index is 2.05. The van der Waals surface area contributed by atoms with Crippen LogP contribution in [0.15, 0.2) is 24.5 Å². The number of rotatable bonds is 5. The van der Waals surface area contributed by atoms with Gasteiger partial charge in [0.15, 0.2) is 9.84 Å². The van der Waals surface area contributed by atoms with Crippen LogP contribution in [0.3, 0.4) is 0 Å². The molecule has 0 bridgehead atoms. The van der Waals surface area contributed by atoms with Gasteiger partial charge in [-0.1, -0.05) is 13.0 Å². The van der Waals surface area contributed by atoms with E-state index in [2.05, 4.69) is 15.2 Å². The zero-order valence-electron chi connectivity index (χ0n) is 11.2. The summed E-state index contributed by atoms with van der Waals surface area (Å²) in [7, 11) is -2.90. The molecule has 0 amide bonds. The van der Waals surface area contributed by atoms with Crippen LogP contribution in [0.1, 0.15) is 18.5 Å². The zero-order valence-corrected chi connectivity index (χ0v) is 12.1. The van der Waals surface area contributed by atoms with E-state index in [0.717, 1.165) is 25.2 Å². The summed E-state index contributed by atoms with van der Waals surface area (Å²) in [5.74, 6) is 0.455. The molecule has 106 valence electrons. The summed E-state index contributed by atoms with van der Waals surface area (Å²) < 4.78 is 23.3. The number of hydrogen-bond acceptors (Lipinski definition) is 5. The zero-order chi connectivity index (χ0) is 13.7. The summed E-state index contributed by atoms with van der Waals surface area (Å²) in [6.07, 6.45) is 3.62. The highest BCUT2D eigenvalue weighted by molar-refractivity contribution is 7.91. The Morgan fingerprint density at radius 1 is 1.53 bits per heavy atom. The smallest absolute Gasteiger partial charge is 0.151 e. The van der Waals surface area contributed by atoms with Crippen molar-refractivity contribution < 1.29 is 8.42 Å². The molecule has 2 rings (SSSR count). The minimum Gasteiger partial charge on any atom is -0.314 e. The number of sulfone groups is 1. The fourth-order valence-corrected chi connectivity index (χ4v) is 3.12. The van der Waals surface area contributed by atoms with Crippen LogP contribution in [0, 0.1) is 0 Å². The standard InChI is InChI=1S/C13H21N3O2S/c1-2-19(17,18)9-8-16-7-6-15-11-13(16)12-4-3-5-14-10-12/h3-5,10,13,15H,2,6-9,11H2,1H3. The number of pyridine rings is 1. The van der Waals surface area contributed by atoms with Gasteiger partial charge in [-0.3, -0.25) is 9.88 Å². The summed E-state index contributed by atoms with van der Waals surface area (Å²) in [6.45, 7) is 4.92. The van der Waals surface area contributed by atoms with Gasteiger partial charge < -0.3 is 5.32 Å². The van der Waals surface area contributed by atoms with Gasteiger partial charge in [0.2, 0.25) is 0 Å². The number of piperazine rings is 1. The topological polar surface area (TPSA) is 62.3 Å². The fraction of sp³-hybridized carbons (Fsp3) is 0.615. The highest BCUT2D eigenvalue weighted by Gasteiger charge is 2.24. The Morgan fingerprint density at radius 2 is 2.37 bits per heavy atom. The second kappa shape index (κ2) is 6.45. The van der Waals surface area contributed by atoms with Gasteiger partial charge in [-0.15, -0.1) is 0 Å². The Labute approximate surface area is 114 Å². The lowest BCUT2D eigenvalue weighted by molar-refractivity contribution is 0.171. The van der Waals surface area contributed by atoms with Crippen LogP contribution in [0.4, 0.5) is 0 Å². The predicted octanol–water partition coefficient (Wildman–Crippen LogP) is 0.463. The lowest BCUT2D eigenvalue weighted by Gasteiger charge is -2.36. The normalized spacial score (nSPS) is 21.4. The maximum Gasteiger partial charge on any atom is 0.151 e. The summed E-state index contributed by atoms with van der Waals surface area (Å²) in [5, 5.41) is 3.36. The lowest BCUT2D eigenvalue weighted by Crippen LogP contribution is -2.47. The minimum absolute atomic E-state index is 0.217. The van der Waals surface area contributed by atoms with E-state index in [1.54, 1.807) is 13.1 Å². The summed E-state index contributed by atoms with van der Waals surface area (Å²) in [4.78, 5) is 6.38. The van der Waals surface area contributed by atoms with E-state index in [4.69, 9.17) is 0 Å².